The zero-order valence-electron chi connectivity index (χ0n) is 11.3. The summed E-state index contributed by atoms with van der Waals surface area (Å²) in [6.45, 7) is 0. The minimum absolute atomic E-state index is 0.119. The van der Waals surface area contributed by atoms with E-state index in [1.165, 1.54) is 11.6 Å². The molecule has 0 unspecified atom stereocenters. The van der Waals surface area contributed by atoms with Crippen LogP contribution in [0.1, 0.15) is 17.8 Å². The van der Waals surface area contributed by atoms with Crippen LogP contribution in [0.4, 0.5) is 5.95 Å². The molecule has 2 aromatic rings. The molecular weight excluding hydrogens is 346 g/mol. The second kappa shape index (κ2) is 5.55. The molecule has 2 aromatic heterocycles. The molecule has 1 amide bonds. The van der Waals surface area contributed by atoms with Crippen molar-refractivity contribution < 1.29 is 23.1 Å². The Morgan fingerprint density at radius 2 is 2.22 bits per heavy atom. The Balaban J connectivity index is 2.22. The summed E-state index contributed by atoms with van der Waals surface area (Å²) in [6.07, 6.45) is 1.89. The fraction of sp³-hybridized carbons (Fsp3) is 0.182. The first-order chi connectivity index (χ1) is 10.9. The number of carbonyl (C=O) groups excluding carboxylic acids is 1. The Bertz CT molecular complexity index is 913. The number of carboxylic acid groups (broad SMARTS) is 1. The lowest BCUT2D eigenvalue weighted by Crippen LogP contribution is -2.20. The SMILES string of the molecule is O=CNc1nc2c(n1S(=O)(=O)c1nncs1)CCC(C(=O)O)=C2. The van der Waals surface area contributed by atoms with Crippen molar-refractivity contribution in [2.45, 2.75) is 17.2 Å². The van der Waals surface area contributed by atoms with Crippen LogP contribution in [0.2, 0.25) is 0 Å². The number of fused-ring (bicyclic) bond motifs is 1. The van der Waals surface area contributed by atoms with Crippen molar-refractivity contribution in [2.75, 3.05) is 5.32 Å². The Morgan fingerprint density at radius 3 is 2.83 bits per heavy atom. The van der Waals surface area contributed by atoms with E-state index in [4.69, 9.17) is 5.11 Å². The molecule has 0 radical (unpaired) electrons. The van der Waals surface area contributed by atoms with Crippen LogP contribution in [0.15, 0.2) is 15.4 Å². The monoisotopic (exact) mass is 355 g/mol. The minimum Gasteiger partial charge on any atom is -0.478 e. The maximum Gasteiger partial charge on any atom is 0.331 e. The van der Waals surface area contributed by atoms with Gasteiger partial charge in [0, 0.05) is 5.57 Å². The minimum atomic E-state index is -4.08. The van der Waals surface area contributed by atoms with E-state index in [1.54, 1.807) is 0 Å². The maximum absolute atomic E-state index is 12.7. The van der Waals surface area contributed by atoms with Gasteiger partial charge in [0.15, 0.2) is 0 Å². The number of hydrogen-bond donors (Lipinski definition) is 2. The van der Waals surface area contributed by atoms with Crippen LogP contribution in [0.25, 0.3) is 6.08 Å². The van der Waals surface area contributed by atoms with E-state index >= 15 is 0 Å². The number of nitrogens with one attached hydrogen (secondary N) is 1. The molecule has 0 saturated carbocycles. The van der Waals surface area contributed by atoms with Crippen molar-refractivity contribution in [3.8, 4) is 0 Å². The van der Waals surface area contributed by atoms with Crippen molar-refractivity contribution in [3.63, 3.8) is 0 Å². The smallest absolute Gasteiger partial charge is 0.331 e. The topological polar surface area (TPSA) is 144 Å². The largest absolute Gasteiger partial charge is 0.478 e. The molecule has 10 nitrogen and oxygen atoms in total. The number of aromatic nitrogens is 4. The molecule has 1 aliphatic carbocycles. The van der Waals surface area contributed by atoms with E-state index in [0.29, 0.717) is 6.41 Å². The highest BCUT2D eigenvalue weighted by Crippen LogP contribution is 2.30. The molecule has 2 heterocycles. The summed E-state index contributed by atoms with van der Waals surface area (Å²) in [5, 5.41) is 18.3. The van der Waals surface area contributed by atoms with Crippen molar-refractivity contribution in [1.29, 1.82) is 0 Å². The van der Waals surface area contributed by atoms with E-state index in [1.807, 2.05) is 0 Å². The maximum atomic E-state index is 12.7. The summed E-state index contributed by atoms with van der Waals surface area (Å²) in [6, 6.07) is 0. The van der Waals surface area contributed by atoms with Gasteiger partial charge in [-0.1, -0.05) is 11.3 Å². The molecule has 0 spiro atoms. The average molecular weight is 355 g/mol. The summed E-state index contributed by atoms with van der Waals surface area (Å²) in [4.78, 5) is 25.8. The first kappa shape index (κ1) is 15.3. The van der Waals surface area contributed by atoms with Gasteiger partial charge in [-0.15, -0.1) is 10.2 Å². The quantitative estimate of drug-likeness (QED) is 0.711. The van der Waals surface area contributed by atoms with Crippen molar-refractivity contribution >= 4 is 45.8 Å². The van der Waals surface area contributed by atoms with Gasteiger partial charge >= 0.3 is 5.97 Å². The van der Waals surface area contributed by atoms with Crippen LogP contribution < -0.4 is 5.32 Å². The number of nitrogens with zero attached hydrogens (tertiary/aromatic N) is 4. The summed E-state index contributed by atoms with van der Waals surface area (Å²) in [7, 11) is -4.08. The van der Waals surface area contributed by atoms with Crippen LogP contribution in [-0.2, 0) is 26.0 Å². The molecule has 0 aromatic carbocycles. The number of rotatable bonds is 5. The first-order valence-corrected chi connectivity index (χ1v) is 8.54. The van der Waals surface area contributed by atoms with Crippen LogP contribution >= 0.6 is 11.3 Å². The molecule has 3 rings (SSSR count). The molecule has 120 valence electrons. The number of anilines is 1. The van der Waals surface area contributed by atoms with Gasteiger partial charge in [0.25, 0.3) is 14.4 Å². The summed E-state index contributed by atoms with van der Waals surface area (Å²) >= 11 is 0.827. The van der Waals surface area contributed by atoms with E-state index < -0.39 is 16.0 Å². The number of carboxylic acids is 1. The summed E-state index contributed by atoms with van der Waals surface area (Å²) < 4.78 is 26.0. The third-order valence-electron chi connectivity index (χ3n) is 3.17. The lowest BCUT2D eigenvalue weighted by molar-refractivity contribution is -0.132. The molecule has 23 heavy (non-hydrogen) atoms. The molecule has 2 N–H and O–H groups in total. The van der Waals surface area contributed by atoms with Gasteiger partial charge in [0.1, 0.15) is 5.51 Å². The van der Waals surface area contributed by atoms with Gasteiger partial charge in [-0.2, -0.15) is 8.42 Å². The Kier molecular flexibility index (Phi) is 3.69. The highest BCUT2D eigenvalue weighted by atomic mass is 32.2. The van der Waals surface area contributed by atoms with Crippen molar-refractivity contribution in [2.24, 2.45) is 0 Å². The molecule has 0 fully saturated rings. The Labute approximate surface area is 133 Å². The van der Waals surface area contributed by atoms with E-state index in [2.05, 4.69) is 20.5 Å². The normalized spacial score (nSPS) is 14.0. The lowest BCUT2D eigenvalue weighted by Gasteiger charge is -2.13. The van der Waals surface area contributed by atoms with Gasteiger partial charge in [0.05, 0.1) is 11.4 Å². The predicted octanol–water partition coefficient (Wildman–Crippen LogP) is -0.0459. The predicted molar refractivity (Wildman–Crippen MR) is 78.3 cm³/mol. The van der Waals surface area contributed by atoms with E-state index in [-0.39, 0.29) is 40.1 Å². The van der Waals surface area contributed by atoms with Crippen LogP contribution in [-0.4, -0.2) is 45.1 Å². The van der Waals surface area contributed by atoms with Gasteiger partial charge in [0.2, 0.25) is 12.4 Å². The van der Waals surface area contributed by atoms with Crippen LogP contribution in [0.3, 0.4) is 0 Å². The Hall–Kier alpha value is -2.60. The third-order valence-corrected chi connectivity index (χ3v) is 5.97. The van der Waals surface area contributed by atoms with Gasteiger partial charge in [-0.25, -0.2) is 13.8 Å². The zero-order valence-corrected chi connectivity index (χ0v) is 13.0. The van der Waals surface area contributed by atoms with E-state index in [9.17, 15) is 18.0 Å². The third kappa shape index (κ3) is 2.51. The van der Waals surface area contributed by atoms with Gasteiger partial charge in [-0.05, 0) is 18.9 Å². The first-order valence-electron chi connectivity index (χ1n) is 6.22. The van der Waals surface area contributed by atoms with Crippen molar-refractivity contribution in [3.05, 3.63) is 22.5 Å². The standard InChI is InChI=1S/C11H9N5O5S2/c17-4-12-10-14-7-3-6(9(18)19)1-2-8(7)16(10)23(20,21)11-15-13-5-22-11/h3-5H,1-2H2,(H,18,19)(H,12,14,17). The fourth-order valence-electron chi connectivity index (χ4n) is 2.22. The lowest BCUT2D eigenvalue weighted by atomic mass is 10.0. The second-order valence-electron chi connectivity index (χ2n) is 4.48. The van der Waals surface area contributed by atoms with Gasteiger partial charge in [-0.3, -0.25) is 10.1 Å². The molecular formula is C11H9N5O5S2. The van der Waals surface area contributed by atoms with E-state index in [0.717, 1.165) is 15.3 Å². The number of carbonyl (C=O) groups is 2. The summed E-state index contributed by atoms with van der Waals surface area (Å²) in [5.41, 5.74) is 1.86. The van der Waals surface area contributed by atoms with Crippen molar-refractivity contribution in [1.82, 2.24) is 19.2 Å². The van der Waals surface area contributed by atoms with Crippen LogP contribution in [0, 0.1) is 0 Å². The van der Waals surface area contributed by atoms with Crippen LogP contribution in [0.5, 0.6) is 0 Å². The highest BCUT2D eigenvalue weighted by molar-refractivity contribution is 7.92. The molecule has 0 aliphatic heterocycles. The molecule has 0 bridgehead atoms. The highest BCUT2D eigenvalue weighted by Gasteiger charge is 2.31. The number of imidazole rings is 1. The second-order valence-corrected chi connectivity index (χ2v) is 7.27. The number of aliphatic carboxylic acids is 1. The zero-order chi connectivity index (χ0) is 16.6. The molecule has 0 saturated heterocycles. The molecule has 12 heteroatoms. The number of hydrogen-bond acceptors (Lipinski definition) is 8. The average Bonchev–Trinajstić information content (AvgIpc) is 3.14. The fourth-order valence-corrected chi connectivity index (χ4v) is 4.44. The molecule has 1 aliphatic rings. The Morgan fingerprint density at radius 1 is 1.43 bits per heavy atom. The molecule has 0 atom stereocenters. The van der Waals surface area contributed by atoms with Gasteiger partial charge < -0.3 is 5.11 Å². The summed E-state index contributed by atoms with van der Waals surface area (Å²) in [5.74, 6) is -1.31. The number of amides is 1.